The van der Waals surface area contributed by atoms with Gasteiger partial charge in [0.2, 0.25) is 0 Å². The van der Waals surface area contributed by atoms with Crippen molar-refractivity contribution in [3.8, 4) is 23.0 Å². The van der Waals surface area contributed by atoms with E-state index >= 15 is 0 Å². The molecular formula is C78H118O40. The zero-order valence-corrected chi connectivity index (χ0v) is 69.0. The van der Waals surface area contributed by atoms with Gasteiger partial charge in [0.25, 0.3) is 0 Å². The van der Waals surface area contributed by atoms with Crippen LogP contribution >= 0.6 is 0 Å². The lowest BCUT2D eigenvalue weighted by Gasteiger charge is -2.31. The molecule has 0 aliphatic rings. The van der Waals surface area contributed by atoms with E-state index in [1.807, 2.05) is 0 Å². The number of esters is 12. The average molecular weight is 1700 g/mol. The molecule has 118 heavy (non-hydrogen) atoms. The second kappa shape index (κ2) is 44.6. The molecule has 0 aliphatic heterocycles. The van der Waals surface area contributed by atoms with Gasteiger partial charge < -0.3 is 139 Å². The summed E-state index contributed by atoms with van der Waals surface area (Å²) in [5.74, 6) is -19.8. The molecule has 0 heterocycles. The van der Waals surface area contributed by atoms with Gasteiger partial charge in [-0.2, -0.15) is 0 Å². The molecule has 0 saturated carbocycles. The van der Waals surface area contributed by atoms with Gasteiger partial charge in [-0.05, 0) is 143 Å². The standard InChI is InChI=1S/C78H118O40/c1-47(19-49-15-17-51(115-63(103)75(11,39-107-55(95)67(3,23-79)24-80)40-108-56(96)68(4,25-81)26-82)53(21-49)117-65(105)77(13,43-111-59(99)71(7,31-87)32-88)44-112-60(100)72(8,33-89)34-90)48(2)20-50-16-18-52(116-64(104)76(12,41-109-57(97)69(5,27-83)28-84)42-110-58(98)70(6,29-85)30-86)54(22-50)118-66(106)78(14,45-113-61(101)73(9,35-91)36-92)46-114-62(102)74(10,37-93)38-94/h15-18,21-22,47-48,79-94H,19-20,23-46H2,1-14H3. The van der Waals surface area contributed by atoms with Crippen LogP contribution < -0.4 is 18.9 Å². The summed E-state index contributed by atoms with van der Waals surface area (Å²) in [6.07, 6.45) is -0.102. The Balaban J connectivity index is 3.18. The topological polar surface area (TPSA) is 639 Å². The highest BCUT2D eigenvalue weighted by Crippen LogP contribution is 2.40. The van der Waals surface area contributed by atoms with Crippen molar-refractivity contribution in [2.75, 3.05) is 159 Å². The molecule has 16 N–H and O–H groups in total. The van der Waals surface area contributed by atoms with Crippen molar-refractivity contribution >= 4 is 71.6 Å². The van der Waals surface area contributed by atoms with Gasteiger partial charge in [-0.1, -0.05) is 26.0 Å². The summed E-state index contributed by atoms with van der Waals surface area (Å²) in [5.41, 5.74) is -24.8. The van der Waals surface area contributed by atoms with Crippen LogP contribution in [0.3, 0.4) is 0 Å². The number of hydrogen-bond donors (Lipinski definition) is 16. The van der Waals surface area contributed by atoms with E-state index in [0.717, 1.165) is 95.2 Å². The lowest BCUT2D eigenvalue weighted by Crippen LogP contribution is -2.46. The highest BCUT2D eigenvalue weighted by molar-refractivity contribution is 5.87. The van der Waals surface area contributed by atoms with Crippen molar-refractivity contribution in [2.45, 2.75) is 110 Å². The summed E-state index contributed by atoms with van der Waals surface area (Å²) in [4.78, 5) is 167. The first-order valence-corrected chi connectivity index (χ1v) is 37.1. The summed E-state index contributed by atoms with van der Waals surface area (Å²) >= 11 is 0. The molecule has 0 amide bonds. The Morgan fingerprint density at radius 1 is 0.220 bits per heavy atom. The number of hydrogen-bond acceptors (Lipinski definition) is 40. The molecule has 2 aromatic rings. The van der Waals surface area contributed by atoms with Crippen LogP contribution in [0, 0.1) is 76.8 Å². The first-order valence-electron chi connectivity index (χ1n) is 37.1. The third kappa shape index (κ3) is 26.7. The normalized spacial score (nSPS) is 13.4. The molecule has 2 unspecified atom stereocenters. The Morgan fingerprint density at radius 2 is 0.356 bits per heavy atom. The smallest absolute Gasteiger partial charge is 0.324 e. The van der Waals surface area contributed by atoms with Gasteiger partial charge in [-0.3, -0.25) is 57.5 Å². The van der Waals surface area contributed by atoms with Gasteiger partial charge >= 0.3 is 71.6 Å². The first kappa shape index (κ1) is 106. The SMILES string of the molecule is CC(Cc1ccc(OC(=O)C(C)(COC(=O)C(C)(CO)CO)COC(=O)C(C)(CO)CO)c(OC(=O)C(C)(COC(=O)C(C)(CO)CO)COC(=O)C(C)(CO)CO)c1)C(C)Cc1ccc(OC(=O)C(C)(COC(=O)C(C)(CO)CO)COC(=O)C(C)(CO)CO)c(OC(=O)C(C)(COC(=O)C(C)(CO)CO)COC(=O)C(C)(CO)CO)c1. The van der Waals surface area contributed by atoms with Gasteiger partial charge in [0.05, 0.1) is 106 Å². The number of ether oxygens (including phenoxy) is 12. The molecule has 0 fully saturated rings. The van der Waals surface area contributed by atoms with Crippen LogP contribution in [0.5, 0.6) is 23.0 Å². The molecule has 0 radical (unpaired) electrons. The summed E-state index contributed by atoms with van der Waals surface area (Å²) in [7, 11) is 0. The Bertz CT molecular complexity index is 3340. The zero-order chi connectivity index (χ0) is 90.7. The fourth-order valence-electron chi connectivity index (χ4n) is 8.99. The Kier molecular flexibility index (Phi) is 39.9. The molecular weight excluding hydrogens is 1580 g/mol. The second-order valence-electron chi connectivity index (χ2n) is 33.3. The van der Waals surface area contributed by atoms with Crippen LogP contribution in [0.15, 0.2) is 36.4 Å². The third-order valence-electron chi connectivity index (χ3n) is 20.6. The predicted octanol–water partition coefficient (Wildman–Crippen LogP) is -3.34. The minimum Gasteiger partial charge on any atom is -0.464 e. The van der Waals surface area contributed by atoms with E-state index < -0.39 is 330 Å². The van der Waals surface area contributed by atoms with Gasteiger partial charge in [-0.25, -0.2) is 0 Å². The van der Waals surface area contributed by atoms with Gasteiger partial charge in [-0.15, -0.1) is 0 Å². The molecule has 40 nitrogen and oxygen atoms in total. The Morgan fingerprint density at radius 3 is 0.492 bits per heavy atom. The summed E-state index contributed by atoms with van der Waals surface area (Å²) in [5, 5.41) is 160. The van der Waals surface area contributed by atoms with Crippen LogP contribution in [0.1, 0.15) is 108 Å². The van der Waals surface area contributed by atoms with Crippen molar-refractivity contribution in [3.05, 3.63) is 47.5 Å². The van der Waals surface area contributed by atoms with E-state index in [1.165, 1.54) is 24.3 Å². The molecule has 0 aliphatic carbocycles. The lowest BCUT2D eigenvalue weighted by atomic mass is 9.85. The molecule has 2 aromatic carbocycles. The lowest BCUT2D eigenvalue weighted by molar-refractivity contribution is -0.178. The van der Waals surface area contributed by atoms with E-state index in [9.17, 15) is 139 Å². The highest BCUT2D eigenvalue weighted by atomic mass is 16.6. The third-order valence-corrected chi connectivity index (χ3v) is 20.6. The van der Waals surface area contributed by atoms with Gasteiger partial charge in [0, 0.05) is 0 Å². The monoisotopic (exact) mass is 1690 g/mol. The quantitative estimate of drug-likeness (QED) is 0.0175. The number of carbonyl (C=O) groups excluding carboxylic acids is 12. The van der Waals surface area contributed by atoms with Crippen LogP contribution in [-0.4, -0.2) is 312 Å². The Hall–Kier alpha value is -8.56. The largest absolute Gasteiger partial charge is 0.464 e. The first-order chi connectivity index (χ1) is 54.8. The van der Waals surface area contributed by atoms with Crippen LogP contribution in [-0.2, 0) is 108 Å². The van der Waals surface area contributed by atoms with E-state index in [2.05, 4.69) is 0 Å². The minimum absolute atomic E-state index is 0.0510. The van der Waals surface area contributed by atoms with Gasteiger partial charge in [0.15, 0.2) is 23.0 Å². The number of aliphatic hydroxyl groups excluding tert-OH is 16. The van der Waals surface area contributed by atoms with E-state index in [1.54, 1.807) is 13.8 Å². The summed E-state index contributed by atoms with van der Waals surface area (Å²) < 4.78 is 67.0. The number of benzene rings is 2. The highest BCUT2D eigenvalue weighted by Gasteiger charge is 2.50. The number of carbonyl (C=O) groups is 12. The summed E-state index contributed by atoms with van der Waals surface area (Å²) in [6, 6.07) is 7.26. The molecule has 2 atom stereocenters. The second-order valence-corrected chi connectivity index (χ2v) is 33.3. The fraction of sp³-hybridized carbons (Fsp3) is 0.692. The maximum absolute atomic E-state index is 15.0. The number of rotatable bonds is 53. The van der Waals surface area contributed by atoms with Crippen LogP contribution in [0.25, 0.3) is 0 Å². The number of aliphatic hydroxyl groups is 16. The van der Waals surface area contributed by atoms with Crippen molar-refractivity contribution in [1.82, 2.24) is 0 Å². The minimum atomic E-state index is -2.36. The van der Waals surface area contributed by atoms with Crippen molar-refractivity contribution in [3.63, 3.8) is 0 Å². The Labute approximate surface area is 681 Å². The molecule has 0 saturated heterocycles. The van der Waals surface area contributed by atoms with Crippen molar-refractivity contribution < 1.29 is 196 Å². The molecule has 40 heteroatoms. The van der Waals surface area contributed by atoms with Crippen molar-refractivity contribution in [1.29, 1.82) is 0 Å². The maximum atomic E-state index is 15.0. The molecule has 0 spiro atoms. The molecule has 0 bridgehead atoms. The molecule has 0 aromatic heterocycles. The fourth-order valence-corrected chi connectivity index (χ4v) is 8.99. The van der Waals surface area contributed by atoms with Crippen LogP contribution in [0.2, 0.25) is 0 Å². The average Bonchev–Trinajstić information content (AvgIpc) is 0.802. The predicted molar refractivity (Wildman–Crippen MR) is 399 cm³/mol. The van der Waals surface area contributed by atoms with E-state index in [-0.39, 0.29) is 24.0 Å². The molecule has 2 rings (SSSR count). The van der Waals surface area contributed by atoms with Crippen LogP contribution in [0.4, 0.5) is 0 Å². The van der Waals surface area contributed by atoms with E-state index in [4.69, 9.17) is 56.8 Å². The van der Waals surface area contributed by atoms with Crippen molar-refractivity contribution in [2.24, 2.45) is 76.8 Å². The maximum Gasteiger partial charge on any atom is 0.324 e. The molecule has 670 valence electrons. The van der Waals surface area contributed by atoms with Gasteiger partial charge in [0.1, 0.15) is 118 Å². The zero-order valence-electron chi connectivity index (χ0n) is 69.0. The van der Waals surface area contributed by atoms with E-state index in [0.29, 0.717) is 0 Å². The summed E-state index contributed by atoms with van der Waals surface area (Å²) in [6.45, 7) is -7.72.